The maximum atomic E-state index is 13.2. The fraction of sp³-hybridized carbons (Fsp3) is 0.389. The number of thioether (sulfide) groups is 1. The molecule has 0 N–H and O–H groups in total. The molecule has 0 saturated heterocycles. The van der Waals surface area contributed by atoms with Crippen molar-refractivity contribution in [2.24, 2.45) is 0 Å². The van der Waals surface area contributed by atoms with Gasteiger partial charge in [-0.3, -0.25) is 14.2 Å². The van der Waals surface area contributed by atoms with E-state index in [9.17, 15) is 9.59 Å². The number of carbonyl (C=O) groups is 1. The summed E-state index contributed by atoms with van der Waals surface area (Å²) in [6.07, 6.45) is 2.80. The summed E-state index contributed by atoms with van der Waals surface area (Å²) in [5, 5.41) is 3.35. The monoisotopic (exact) mass is 404 g/mol. The molecule has 134 valence electrons. The van der Waals surface area contributed by atoms with Crippen molar-refractivity contribution in [1.29, 1.82) is 0 Å². The molecule has 0 aromatic carbocycles. The SMILES string of the molecule is O=C(CSc1nc2sc3c(c2c(=O)n1C1CC1)CCOC3)c1cccs1. The van der Waals surface area contributed by atoms with Crippen LogP contribution in [0.25, 0.3) is 10.2 Å². The average molecular weight is 405 g/mol. The molecule has 0 unspecified atom stereocenters. The molecule has 2 aliphatic rings. The first-order chi connectivity index (χ1) is 12.7. The van der Waals surface area contributed by atoms with E-state index in [1.165, 1.54) is 23.1 Å². The van der Waals surface area contributed by atoms with E-state index in [0.29, 0.717) is 24.1 Å². The number of rotatable bonds is 5. The van der Waals surface area contributed by atoms with Crippen LogP contribution in [0, 0.1) is 0 Å². The first kappa shape index (κ1) is 16.7. The molecule has 0 atom stereocenters. The van der Waals surface area contributed by atoms with E-state index in [0.717, 1.165) is 44.8 Å². The Morgan fingerprint density at radius 1 is 1.42 bits per heavy atom. The third-order valence-electron chi connectivity index (χ3n) is 4.68. The molecule has 0 amide bonds. The molecular weight excluding hydrogens is 388 g/mol. The van der Waals surface area contributed by atoms with Gasteiger partial charge in [-0.05, 0) is 36.3 Å². The second-order valence-corrected chi connectivity index (χ2v) is 9.45. The molecule has 5 rings (SSSR count). The van der Waals surface area contributed by atoms with Gasteiger partial charge in [0.05, 0.1) is 29.2 Å². The minimum absolute atomic E-state index is 0.0583. The highest BCUT2D eigenvalue weighted by molar-refractivity contribution is 7.99. The molecule has 3 aromatic rings. The van der Waals surface area contributed by atoms with Crippen LogP contribution < -0.4 is 5.56 Å². The smallest absolute Gasteiger partial charge is 0.263 e. The highest BCUT2D eigenvalue weighted by Gasteiger charge is 2.31. The van der Waals surface area contributed by atoms with Gasteiger partial charge in [-0.2, -0.15) is 0 Å². The summed E-state index contributed by atoms with van der Waals surface area (Å²) in [5.74, 6) is 0.389. The van der Waals surface area contributed by atoms with Gasteiger partial charge in [0.15, 0.2) is 10.9 Å². The third-order valence-corrected chi connectivity index (χ3v) is 7.64. The van der Waals surface area contributed by atoms with Gasteiger partial charge in [-0.15, -0.1) is 22.7 Å². The standard InChI is InChI=1S/C18H16N2O3S3/c21-12(13-2-1-7-24-13)9-25-18-19-16-15(17(22)20(18)10-3-4-10)11-5-6-23-8-14(11)26-16/h1-2,7,10H,3-6,8-9H2. The lowest BCUT2D eigenvalue weighted by atomic mass is 10.1. The Morgan fingerprint density at radius 2 is 2.31 bits per heavy atom. The van der Waals surface area contributed by atoms with E-state index < -0.39 is 0 Å². The number of ketones is 1. The minimum atomic E-state index is 0.0583. The van der Waals surface area contributed by atoms with Crippen molar-refractivity contribution in [1.82, 2.24) is 9.55 Å². The fourth-order valence-electron chi connectivity index (χ4n) is 3.26. The van der Waals surface area contributed by atoms with Gasteiger partial charge < -0.3 is 4.74 Å². The van der Waals surface area contributed by atoms with Crippen molar-refractivity contribution in [2.75, 3.05) is 12.4 Å². The maximum Gasteiger partial charge on any atom is 0.263 e. The van der Waals surface area contributed by atoms with Gasteiger partial charge in [0.25, 0.3) is 5.56 Å². The predicted molar refractivity (Wildman–Crippen MR) is 105 cm³/mol. The number of aromatic nitrogens is 2. The second kappa shape index (κ2) is 6.60. The number of ether oxygens (including phenoxy) is 1. The largest absolute Gasteiger partial charge is 0.376 e. The molecule has 4 heterocycles. The zero-order chi connectivity index (χ0) is 17.7. The number of hydrogen-bond donors (Lipinski definition) is 0. The molecule has 1 aliphatic heterocycles. The van der Waals surface area contributed by atoms with Crippen LogP contribution in [0.2, 0.25) is 0 Å². The molecular formula is C18H16N2O3S3. The van der Waals surface area contributed by atoms with Crippen LogP contribution in [0.4, 0.5) is 0 Å². The summed E-state index contributed by atoms with van der Waals surface area (Å²) in [7, 11) is 0. The van der Waals surface area contributed by atoms with Crippen LogP contribution in [0.5, 0.6) is 0 Å². The lowest BCUT2D eigenvalue weighted by molar-refractivity contribution is 0.102. The molecule has 0 bridgehead atoms. The molecule has 5 nitrogen and oxygen atoms in total. The van der Waals surface area contributed by atoms with E-state index in [1.54, 1.807) is 11.3 Å². The number of hydrogen-bond acceptors (Lipinski definition) is 7. The molecule has 26 heavy (non-hydrogen) atoms. The highest BCUT2D eigenvalue weighted by atomic mass is 32.2. The zero-order valence-corrected chi connectivity index (χ0v) is 16.3. The van der Waals surface area contributed by atoms with Gasteiger partial charge in [0.2, 0.25) is 0 Å². The molecule has 1 saturated carbocycles. The fourth-order valence-corrected chi connectivity index (χ4v) is 6.16. The Morgan fingerprint density at radius 3 is 3.08 bits per heavy atom. The van der Waals surface area contributed by atoms with Gasteiger partial charge >= 0.3 is 0 Å². The summed E-state index contributed by atoms with van der Waals surface area (Å²) in [5.41, 5.74) is 1.18. The topological polar surface area (TPSA) is 61.2 Å². The van der Waals surface area contributed by atoms with Gasteiger partial charge in [0, 0.05) is 10.9 Å². The third kappa shape index (κ3) is 2.85. The van der Waals surface area contributed by atoms with Crippen molar-refractivity contribution in [2.45, 2.75) is 37.1 Å². The summed E-state index contributed by atoms with van der Waals surface area (Å²) < 4.78 is 7.36. The van der Waals surface area contributed by atoms with Crippen molar-refractivity contribution < 1.29 is 9.53 Å². The Hall–Kier alpha value is -1.48. The van der Waals surface area contributed by atoms with E-state index in [2.05, 4.69) is 0 Å². The normalized spacial score (nSPS) is 16.8. The Labute approximate surface area is 162 Å². The van der Waals surface area contributed by atoms with Gasteiger partial charge in [-0.25, -0.2) is 4.98 Å². The molecule has 8 heteroatoms. The first-order valence-corrected chi connectivity index (χ1v) is 11.2. The lowest BCUT2D eigenvalue weighted by Gasteiger charge is -2.13. The van der Waals surface area contributed by atoms with Crippen LogP contribution in [0.15, 0.2) is 27.5 Å². The highest BCUT2D eigenvalue weighted by Crippen LogP contribution is 2.39. The number of fused-ring (bicyclic) bond motifs is 3. The van der Waals surface area contributed by atoms with Crippen molar-refractivity contribution in [3.8, 4) is 0 Å². The van der Waals surface area contributed by atoms with Crippen LogP contribution in [0.3, 0.4) is 0 Å². The Kier molecular flexibility index (Phi) is 4.23. The quantitative estimate of drug-likeness (QED) is 0.367. The van der Waals surface area contributed by atoms with Gasteiger partial charge in [-0.1, -0.05) is 17.8 Å². The van der Waals surface area contributed by atoms with Crippen LogP contribution in [-0.2, 0) is 17.8 Å². The Bertz CT molecular complexity index is 1050. The minimum Gasteiger partial charge on any atom is -0.376 e. The average Bonchev–Trinajstić information content (AvgIpc) is 3.19. The molecule has 0 radical (unpaired) electrons. The maximum absolute atomic E-state index is 13.2. The van der Waals surface area contributed by atoms with Crippen molar-refractivity contribution in [3.05, 3.63) is 43.2 Å². The van der Waals surface area contributed by atoms with Crippen LogP contribution in [-0.4, -0.2) is 27.7 Å². The van der Waals surface area contributed by atoms with E-state index in [4.69, 9.17) is 9.72 Å². The van der Waals surface area contributed by atoms with E-state index in [1.807, 2.05) is 22.1 Å². The summed E-state index contributed by atoms with van der Waals surface area (Å²) in [6, 6.07) is 3.95. The summed E-state index contributed by atoms with van der Waals surface area (Å²) >= 11 is 4.39. The molecule has 3 aromatic heterocycles. The van der Waals surface area contributed by atoms with Crippen LogP contribution >= 0.6 is 34.4 Å². The predicted octanol–water partition coefficient (Wildman–Crippen LogP) is 3.90. The lowest BCUT2D eigenvalue weighted by Crippen LogP contribution is -2.23. The number of carbonyl (C=O) groups excluding carboxylic acids is 1. The van der Waals surface area contributed by atoms with E-state index in [-0.39, 0.29) is 17.4 Å². The number of Topliss-reactive ketones (excluding diaryl/α,β-unsaturated/α-hetero) is 1. The van der Waals surface area contributed by atoms with E-state index >= 15 is 0 Å². The van der Waals surface area contributed by atoms with Crippen LogP contribution in [0.1, 0.15) is 39.0 Å². The molecule has 1 fully saturated rings. The van der Waals surface area contributed by atoms with Gasteiger partial charge in [0.1, 0.15) is 4.83 Å². The molecule has 1 aliphatic carbocycles. The summed E-state index contributed by atoms with van der Waals surface area (Å²) in [4.78, 5) is 33.0. The number of thiophene rings is 2. The first-order valence-electron chi connectivity index (χ1n) is 8.56. The second-order valence-electron chi connectivity index (χ2n) is 6.48. The zero-order valence-electron chi connectivity index (χ0n) is 13.9. The molecule has 0 spiro atoms. The van der Waals surface area contributed by atoms with Crippen molar-refractivity contribution in [3.63, 3.8) is 0 Å². The Balaban J connectivity index is 1.55. The summed E-state index contributed by atoms with van der Waals surface area (Å²) in [6.45, 7) is 1.23. The van der Waals surface area contributed by atoms with Crippen molar-refractivity contribution >= 4 is 50.4 Å². The number of nitrogens with zero attached hydrogens (tertiary/aromatic N) is 2.